The number of unbranched alkanes of at least 4 members (excludes halogenated alkanes) is 3. The van der Waals surface area contributed by atoms with Gasteiger partial charge in [0.2, 0.25) is 5.91 Å². The van der Waals surface area contributed by atoms with Gasteiger partial charge in [-0.2, -0.15) is 0 Å². The molecule has 0 fully saturated rings. The van der Waals surface area contributed by atoms with Gasteiger partial charge in [0.15, 0.2) is 0 Å². The predicted molar refractivity (Wildman–Crippen MR) is 64.2 cm³/mol. The van der Waals surface area contributed by atoms with E-state index in [1.807, 2.05) is 0 Å². The van der Waals surface area contributed by atoms with Crippen molar-refractivity contribution in [1.29, 1.82) is 0 Å². The highest BCUT2D eigenvalue weighted by molar-refractivity contribution is 5.96. The first kappa shape index (κ1) is 14.9. The Morgan fingerprint density at radius 2 is 1.88 bits per heavy atom. The minimum atomic E-state index is -0.468. The lowest BCUT2D eigenvalue weighted by atomic mass is 10.2. The van der Waals surface area contributed by atoms with Crippen LogP contribution in [0.3, 0.4) is 0 Å². The number of urea groups is 1. The summed E-state index contributed by atoms with van der Waals surface area (Å²) in [6, 6.07) is -0.802. The molecule has 0 aromatic heterocycles. The lowest BCUT2D eigenvalue weighted by Gasteiger charge is -2.12. The Morgan fingerprint density at radius 3 is 2.44 bits per heavy atom. The van der Waals surface area contributed by atoms with Gasteiger partial charge in [0.05, 0.1) is 6.04 Å². The first-order valence-corrected chi connectivity index (χ1v) is 5.87. The first-order chi connectivity index (χ1) is 7.61. The molecule has 0 bridgehead atoms. The van der Waals surface area contributed by atoms with Gasteiger partial charge >= 0.3 is 6.03 Å². The highest BCUT2D eigenvalue weighted by Crippen LogP contribution is 1.97. The number of carbonyl (C=O) groups excluding carboxylic acids is 2. The zero-order valence-electron chi connectivity index (χ0n) is 10.4. The van der Waals surface area contributed by atoms with E-state index in [0.29, 0.717) is 0 Å². The van der Waals surface area contributed by atoms with Crippen LogP contribution in [-0.2, 0) is 4.79 Å². The molecule has 0 aliphatic rings. The van der Waals surface area contributed by atoms with Gasteiger partial charge in [0, 0.05) is 7.05 Å². The number of carbonyl (C=O) groups is 2. The van der Waals surface area contributed by atoms with E-state index in [-0.39, 0.29) is 11.9 Å². The molecule has 1 atom stereocenters. The quantitative estimate of drug-likeness (QED) is 0.570. The zero-order valence-corrected chi connectivity index (χ0v) is 10.4. The van der Waals surface area contributed by atoms with E-state index in [1.165, 1.54) is 26.3 Å². The molecule has 3 N–H and O–H groups in total. The summed E-state index contributed by atoms with van der Waals surface area (Å²) >= 11 is 0. The molecule has 0 spiro atoms. The van der Waals surface area contributed by atoms with Crippen LogP contribution >= 0.6 is 0 Å². The molecule has 94 valence electrons. The minimum Gasteiger partial charge on any atom is -0.341 e. The van der Waals surface area contributed by atoms with Gasteiger partial charge in [-0.3, -0.25) is 10.1 Å². The summed E-state index contributed by atoms with van der Waals surface area (Å²) in [6.45, 7) is 4.72. The van der Waals surface area contributed by atoms with Gasteiger partial charge in [0.1, 0.15) is 0 Å². The van der Waals surface area contributed by atoms with Crippen LogP contribution in [0.1, 0.15) is 39.5 Å². The molecule has 0 aliphatic carbocycles. The molecule has 5 nitrogen and oxygen atoms in total. The number of amides is 3. The largest absolute Gasteiger partial charge is 0.341 e. The van der Waals surface area contributed by atoms with Crippen LogP contribution in [0.25, 0.3) is 0 Å². The fraction of sp³-hybridized carbons (Fsp3) is 0.818. The van der Waals surface area contributed by atoms with Crippen molar-refractivity contribution < 1.29 is 9.59 Å². The summed E-state index contributed by atoms with van der Waals surface area (Å²) in [5, 5.41) is 7.64. The Labute approximate surface area is 97.4 Å². The summed E-state index contributed by atoms with van der Waals surface area (Å²) in [5.41, 5.74) is 0. The molecule has 0 saturated heterocycles. The third kappa shape index (κ3) is 7.23. The molecular formula is C11H23N3O2. The maximum absolute atomic E-state index is 11.4. The Hall–Kier alpha value is -1.10. The third-order valence-electron chi connectivity index (χ3n) is 2.34. The molecule has 5 heteroatoms. The van der Waals surface area contributed by atoms with Crippen molar-refractivity contribution in [1.82, 2.24) is 16.0 Å². The van der Waals surface area contributed by atoms with E-state index in [1.54, 1.807) is 6.92 Å². The molecule has 1 unspecified atom stereocenters. The molecule has 3 amide bonds. The molecule has 0 heterocycles. The van der Waals surface area contributed by atoms with Gasteiger partial charge in [-0.15, -0.1) is 0 Å². The minimum absolute atomic E-state index is 0.296. The summed E-state index contributed by atoms with van der Waals surface area (Å²) < 4.78 is 0. The lowest BCUT2D eigenvalue weighted by molar-refractivity contribution is -0.121. The molecule has 0 saturated carbocycles. The fourth-order valence-corrected chi connectivity index (χ4v) is 1.25. The molecule has 0 aromatic rings. The predicted octanol–water partition coefficient (Wildman–Crippen LogP) is 1.00. The van der Waals surface area contributed by atoms with Gasteiger partial charge in [-0.25, -0.2) is 4.79 Å². The lowest BCUT2D eigenvalue weighted by Crippen LogP contribution is -2.47. The normalized spacial score (nSPS) is 11.9. The summed E-state index contributed by atoms with van der Waals surface area (Å²) in [6.07, 6.45) is 4.66. The van der Waals surface area contributed by atoms with Crippen molar-refractivity contribution in [3.8, 4) is 0 Å². The molecule has 0 aromatic carbocycles. The number of rotatable bonds is 7. The van der Waals surface area contributed by atoms with E-state index in [2.05, 4.69) is 22.9 Å². The topological polar surface area (TPSA) is 70.2 Å². The second-order valence-corrected chi connectivity index (χ2v) is 3.80. The van der Waals surface area contributed by atoms with E-state index >= 15 is 0 Å². The first-order valence-electron chi connectivity index (χ1n) is 5.87. The van der Waals surface area contributed by atoms with Crippen molar-refractivity contribution >= 4 is 11.9 Å². The third-order valence-corrected chi connectivity index (χ3v) is 2.34. The van der Waals surface area contributed by atoms with Gasteiger partial charge in [-0.1, -0.05) is 26.2 Å². The van der Waals surface area contributed by atoms with Gasteiger partial charge in [0.25, 0.3) is 0 Å². The van der Waals surface area contributed by atoms with E-state index < -0.39 is 6.03 Å². The smallest absolute Gasteiger partial charge is 0.321 e. The number of hydrogen-bond donors (Lipinski definition) is 3. The standard InChI is InChI=1S/C11H23N3O2/c1-4-5-6-7-8-13-9(2)10(15)14-11(16)12-3/h9,13H,4-8H2,1-3H3,(H2,12,14,15,16). The van der Waals surface area contributed by atoms with E-state index in [9.17, 15) is 9.59 Å². The fourth-order valence-electron chi connectivity index (χ4n) is 1.25. The van der Waals surface area contributed by atoms with Crippen LogP contribution in [-0.4, -0.2) is 31.6 Å². The highest BCUT2D eigenvalue weighted by atomic mass is 16.2. The van der Waals surface area contributed by atoms with Crippen molar-refractivity contribution in [2.24, 2.45) is 0 Å². The average Bonchev–Trinajstić information content (AvgIpc) is 2.28. The summed E-state index contributed by atoms with van der Waals surface area (Å²) in [7, 11) is 1.48. The molecule has 16 heavy (non-hydrogen) atoms. The van der Waals surface area contributed by atoms with E-state index in [4.69, 9.17) is 0 Å². The zero-order chi connectivity index (χ0) is 12.4. The van der Waals surface area contributed by atoms with Crippen LogP contribution < -0.4 is 16.0 Å². The summed E-state index contributed by atoms with van der Waals surface area (Å²) in [4.78, 5) is 22.3. The van der Waals surface area contributed by atoms with E-state index in [0.717, 1.165) is 13.0 Å². The van der Waals surface area contributed by atoms with Crippen LogP contribution in [0.2, 0.25) is 0 Å². The summed E-state index contributed by atoms with van der Waals surface area (Å²) in [5.74, 6) is -0.296. The maximum Gasteiger partial charge on any atom is 0.321 e. The van der Waals surface area contributed by atoms with Gasteiger partial charge < -0.3 is 10.6 Å². The van der Waals surface area contributed by atoms with Crippen LogP contribution in [0.5, 0.6) is 0 Å². The number of imide groups is 1. The Bertz CT molecular complexity index is 219. The monoisotopic (exact) mass is 229 g/mol. The molecule has 0 aliphatic heterocycles. The molecular weight excluding hydrogens is 206 g/mol. The molecule has 0 rings (SSSR count). The number of nitrogens with one attached hydrogen (secondary N) is 3. The highest BCUT2D eigenvalue weighted by Gasteiger charge is 2.13. The maximum atomic E-state index is 11.4. The Morgan fingerprint density at radius 1 is 1.19 bits per heavy atom. The second kappa shape index (κ2) is 9.15. The Kier molecular flexibility index (Phi) is 8.52. The average molecular weight is 229 g/mol. The van der Waals surface area contributed by atoms with Gasteiger partial charge in [-0.05, 0) is 19.9 Å². The van der Waals surface area contributed by atoms with Crippen molar-refractivity contribution in [2.45, 2.75) is 45.6 Å². The van der Waals surface area contributed by atoms with Crippen LogP contribution in [0.4, 0.5) is 4.79 Å². The SMILES string of the molecule is CCCCCCNC(C)C(=O)NC(=O)NC. The number of hydrogen-bond acceptors (Lipinski definition) is 3. The molecule has 0 radical (unpaired) electrons. The van der Waals surface area contributed by atoms with Crippen LogP contribution in [0.15, 0.2) is 0 Å². The second-order valence-electron chi connectivity index (χ2n) is 3.80. The Balaban J connectivity index is 3.59. The van der Waals surface area contributed by atoms with Crippen LogP contribution in [0, 0.1) is 0 Å². The van der Waals surface area contributed by atoms with Crippen molar-refractivity contribution in [3.05, 3.63) is 0 Å². The van der Waals surface area contributed by atoms with Crippen molar-refractivity contribution in [3.63, 3.8) is 0 Å². The van der Waals surface area contributed by atoms with Crippen molar-refractivity contribution in [2.75, 3.05) is 13.6 Å².